The summed E-state index contributed by atoms with van der Waals surface area (Å²) in [5, 5.41) is 2.76. The van der Waals surface area contributed by atoms with Gasteiger partial charge in [-0.15, -0.1) is 0 Å². The van der Waals surface area contributed by atoms with E-state index in [4.69, 9.17) is 21.1 Å². The van der Waals surface area contributed by atoms with Gasteiger partial charge < -0.3 is 9.47 Å². The van der Waals surface area contributed by atoms with Gasteiger partial charge in [-0.25, -0.2) is 0 Å². The van der Waals surface area contributed by atoms with Gasteiger partial charge in [0.25, 0.3) is 5.19 Å². The van der Waals surface area contributed by atoms with Gasteiger partial charge in [0.1, 0.15) is 24.1 Å². The van der Waals surface area contributed by atoms with E-state index >= 15 is 0 Å². The van der Waals surface area contributed by atoms with E-state index in [1.54, 1.807) is 5.38 Å². The molecule has 16 heavy (non-hydrogen) atoms. The van der Waals surface area contributed by atoms with Crippen LogP contribution in [0.25, 0.3) is 0 Å². The third-order valence-electron chi connectivity index (χ3n) is 1.78. The van der Waals surface area contributed by atoms with Crippen molar-refractivity contribution in [3.63, 3.8) is 0 Å². The summed E-state index contributed by atoms with van der Waals surface area (Å²) in [7, 11) is 0. The molecule has 0 amide bonds. The van der Waals surface area contributed by atoms with Crippen molar-refractivity contribution in [3.8, 4) is 10.9 Å². The van der Waals surface area contributed by atoms with Crippen LogP contribution in [0.5, 0.6) is 10.9 Å². The number of hydrogen-bond donors (Lipinski definition) is 0. The fourth-order valence-electron chi connectivity index (χ4n) is 1.11. The lowest BCUT2D eigenvalue weighted by Gasteiger charge is -2.05. The molecule has 0 radical (unpaired) electrons. The zero-order chi connectivity index (χ0) is 11.2. The molecule has 0 bridgehead atoms. The molecule has 0 saturated carbocycles. The lowest BCUT2D eigenvalue weighted by molar-refractivity contribution is 0.216. The van der Waals surface area contributed by atoms with Gasteiger partial charge in [0, 0.05) is 5.38 Å². The molecule has 1 heterocycles. The molecule has 0 aliphatic heterocycles. The second kappa shape index (κ2) is 5.72. The monoisotopic (exact) mass is 255 g/mol. The van der Waals surface area contributed by atoms with Crippen LogP contribution in [0.15, 0.2) is 35.7 Å². The molecule has 0 unspecified atom stereocenters. The first-order valence-electron chi connectivity index (χ1n) is 4.76. The minimum absolute atomic E-state index is 0.457. The summed E-state index contributed by atoms with van der Waals surface area (Å²) in [5.74, 6) is 0.836. The number of ether oxygens (including phenoxy) is 2. The molecule has 0 atom stereocenters. The van der Waals surface area contributed by atoms with E-state index in [0.717, 1.165) is 5.75 Å². The van der Waals surface area contributed by atoms with E-state index in [1.165, 1.54) is 11.3 Å². The highest BCUT2D eigenvalue weighted by Crippen LogP contribution is 2.20. The standard InChI is InChI=1S/C11H10ClNO2S/c12-10-8-16-11(13-10)15-7-6-14-9-4-2-1-3-5-9/h1-5,8H,6-7H2. The fraction of sp³-hybridized carbons (Fsp3) is 0.182. The Bertz CT molecular complexity index is 433. The molecule has 1 aromatic carbocycles. The number of para-hydroxylation sites is 1. The quantitative estimate of drug-likeness (QED) is 0.769. The highest BCUT2D eigenvalue weighted by atomic mass is 35.5. The Kier molecular flexibility index (Phi) is 4.02. The number of rotatable bonds is 5. The average Bonchev–Trinajstić information content (AvgIpc) is 2.72. The molecule has 0 fully saturated rings. The molecule has 0 saturated heterocycles. The van der Waals surface area contributed by atoms with Crippen LogP contribution >= 0.6 is 22.9 Å². The third-order valence-corrected chi connectivity index (χ3v) is 2.85. The first kappa shape index (κ1) is 11.2. The maximum Gasteiger partial charge on any atom is 0.274 e. The Labute approximate surface area is 103 Å². The Morgan fingerprint density at radius 2 is 1.88 bits per heavy atom. The molecule has 84 valence electrons. The van der Waals surface area contributed by atoms with Gasteiger partial charge in [0.05, 0.1) is 0 Å². The largest absolute Gasteiger partial charge is 0.490 e. The predicted octanol–water partition coefficient (Wildman–Crippen LogP) is 3.25. The van der Waals surface area contributed by atoms with Gasteiger partial charge in [-0.3, -0.25) is 0 Å². The van der Waals surface area contributed by atoms with Gasteiger partial charge in [0.15, 0.2) is 0 Å². The molecule has 0 spiro atoms. The van der Waals surface area contributed by atoms with E-state index in [-0.39, 0.29) is 0 Å². The van der Waals surface area contributed by atoms with Gasteiger partial charge >= 0.3 is 0 Å². The van der Waals surface area contributed by atoms with Crippen LogP contribution in [0.3, 0.4) is 0 Å². The molecule has 1 aromatic heterocycles. The van der Waals surface area contributed by atoms with Crippen LogP contribution < -0.4 is 9.47 Å². The maximum atomic E-state index is 5.66. The summed E-state index contributed by atoms with van der Waals surface area (Å²) in [6.07, 6.45) is 0. The van der Waals surface area contributed by atoms with Crippen molar-refractivity contribution in [1.29, 1.82) is 0 Å². The second-order valence-corrected chi connectivity index (χ2v) is 4.15. The fourth-order valence-corrected chi connectivity index (χ4v) is 1.92. The number of hydrogen-bond acceptors (Lipinski definition) is 4. The number of benzene rings is 1. The molecule has 0 aliphatic carbocycles. The lowest BCUT2D eigenvalue weighted by atomic mass is 10.3. The number of nitrogens with zero attached hydrogens (tertiary/aromatic N) is 1. The van der Waals surface area contributed by atoms with E-state index in [2.05, 4.69) is 4.98 Å². The van der Waals surface area contributed by atoms with Crippen LogP contribution in [0.1, 0.15) is 0 Å². The molecule has 0 N–H and O–H groups in total. The summed E-state index contributed by atoms with van der Waals surface area (Å²) in [6, 6.07) is 9.61. The van der Waals surface area contributed by atoms with Crippen LogP contribution in [-0.4, -0.2) is 18.2 Å². The third kappa shape index (κ3) is 3.40. The summed E-state index contributed by atoms with van der Waals surface area (Å²) in [5.41, 5.74) is 0. The summed E-state index contributed by atoms with van der Waals surface area (Å²) < 4.78 is 10.8. The molecule has 2 rings (SSSR count). The molecule has 3 nitrogen and oxygen atoms in total. The van der Waals surface area contributed by atoms with Crippen LogP contribution in [0.4, 0.5) is 0 Å². The minimum Gasteiger partial charge on any atom is -0.490 e. The maximum absolute atomic E-state index is 5.66. The van der Waals surface area contributed by atoms with E-state index in [0.29, 0.717) is 23.6 Å². The Hall–Kier alpha value is -1.26. The highest BCUT2D eigenvalue weighted by Gasteiger charge is 2.00. The summed E-state index contributed by atoms with van der Waals surface area (Å²) in [6.45, 7) is 0.944. The SMILES string of the molecule is Clc1csc(OCCOc2ccccc2)n1. The first-order chi connectivity index (χ1) is 7.84. The van der Waals surface area contributed by atoms with Crippen molar-refractivity contribution in [2.24, 2.45) is 0 Å². The average molecular weight is 256 g/mol. The van der Waals surface area contributed by atoms with Crippen LogP contribution in [0.2, 0.25) is 5.15 Å². The van der Waals surface area contributed by atoms with Crippen LogP contribution in [-0.2, 0) is 0 Å². The van der Waals surface area contributed by atoms with Gasteiger partial charge in [0.2, 0.25) is 0 Å². The van der Waals surface area contributed by atoms with Crippen molar-refractivity contribution in [2.75, 3.05) is 13.2 Å². The zero-order valence-electron chi connectivity index (χ0n) is 8.43. The molecular weight excluding hydrogens is 246 g/mol. The lowest BCUT2D eigenvalue weighted by Crippen LogP contribution is -2.08. The first-order valence-corrected chi connectivity index (χ1v) is 6.02. The normalized spacial score (nSPS) is 10.1. The second-order valence-electron chi connectivity index (χ2n) is 2.95. The van der Waals surface area contributed by atoms with Crippen molar-refractivity contribution in [1.82, 2.24) is 4.98 Å². The van der Waals surface area contributed by atoms with Gasteiger partial charge in [-0.1, -0.05) is 41.1 Å². The Balaban J connectivity index is 1.69. The number of thiazole rings is 1. The van der Waals surface area contributed by atoms with Crippen molar-refractivity contribution >= 4 is 22.9 Å². The number of halogens is 1. The number of aromatic nitrogens is 1. The molecule has 0 aliphatic rings. The van der Waals surface area contributed by atoms with Crippen molar-refractivity contribution in [3.05, 3.63) is 40.9 Å². The minimum atomic E-state index is 0.457. The van der Waals surface area contributed by atoms with E-state index in [9.17, 15) is 0 Å². The zero-order valence-corrected chi connectivity index (χ0v) is 10.0. The van der Waals surface area contributed by atoms with Crippen LogP contribution in [0, 0.1) is 0 Å². The summed E-state index contributed by atoms with van der Waals surface area (Å²) in [4.78, 5) is 3.96. The van der Waals surface area contributed by atoms with Gasteiger partial charge in [-0.2, -0.15) is 4.98 Å². The molecule has 2 aromatic rings. The topological polar surface area (TPSA) is 31.4 Å². The smallest absolute Gasteiger partial charge is 0.274 e. The van der Waals surface area contributed by atoms with E-state index in [1.807, 2.05) is 30.3 Å². The Morgan fingerprint density at radius 1 is 1.12 bits per heavy atom. The molecular formula is C11H10ClNO2S. The van der Waals surface area contributed by atoms with E-state index < -0.39 is 0 Å². The summed E-state index contributed by atoms with van der Waals surface area (Å²) >= 11 is 7.03. The highest BCUT2D eigenvalue weighted by molar-refractivity contribution is 7.11. The van der Waals surface area contributed by atoms with Gasteiger partial charge in [-0.05, 0) is 12.1 Å². The van der Waals surface area contributed by atoms with Crippen molar-refractivity contribution < 1.29 is 9.47 Å². The Morgan fingerprint density at radius 3 is 2.56 bits per heavy atom. The van der Waals surface area contributed by atoms with Crippen molar-refractivity contribution in [2.45, 2.75) is 0 Å². The predicted molar refractivity (Wildman–Crippen MR) is 64.6 cm³/mol. The molecule has 5 heteroatoms.